The fraction of sp³-hybridized carbons (Fsp3) is 0.412. The average molecular weight is 267 g/mol. The van der Waals surface area contributed by atoms with Gasteiger partial charge in [0.2, 0.25) is 0 Å². The molecule has 1 aliphatic rings. The molecule has 0 unspecified atom stereocenters. The molecule has 20 heavy (non-hydrogen) atoms. The molecule has 0 spiro atoms. The van der Waals surface area contributed by atoms with E-state index in [1.165, 1.54) is 24.0 Å². The van der Waals surface area contributed by atoms with Gasteiger partial charge in [-0.25, -0.2) is 0 Å². The summed E-state index contributed by atoms with van der Waals surface area (Å²) in [4.78, 5) is 2.37. The number of aryl methyl sites for hydroxylation is 2. The molecular formula is C17H21N3. The molecular weight excluding hydrogens is 246 g/mol. The molecule has 1 atom stereocenters. The Morgan fingerprint density at radius 2 is 1.90 bits per heavy atom. The lowest BCUT2D eigenvalue weighted by Gasteiger charge is -2.34. The second-order valence-corrected chi connectivity index (χ2v) is 5.67. The van der Waals surface area contributed by atoms with Gasteiger partial charge in [0.15, 0.2) is 5.82 Å². The fourth-order valence-corrected chi connectivity index (χ4v) is 3.04. The summed E-state index contributed by atoms with van der Waals surface area (Å²) in [6.07, 6.45) is 2.48. The van der Waals surface area contributed by atoms with Gasteiger partial charge in [-0.3, -0.25) is 0 Å². The highest BCUT2D eigenvalue weighted by molar-refractivity contribution is 5.40. The Morgan fingerprint density at radius 3 is 2.65 bits per heavy atom. The molecule has 3 rings (SSSR count). The lowest BCUT2D eigenvalue weighted by atomic mass is 9.88. The van der Waals surface area contributed by atoms with Crippen molar-refractivity contribution in [2.24, 2.45) is 0 Å². The summed E-state index contributed by atoms with van der Waals surface area (Å²) in [5.41, 5.74) is 3.85. The standard InChI is InChI=1S/C17H21N3/c1-13-6-3-4-8-16(13)15-7-5-11-20(12-15)17-10-9-14(2)18-19-17/h3-4,6,8-10,15H,5,7,11-12H2,1-2H3/t15-/m0/s1. The zero-order chi connectivity index (χ0) is 13.9. The van der Waals surface area contributed by atoms with E-state index < -0.39 is 0 Å². The van der Waals surface area contributed by atoms with E-state index in [9.17, 15) is 0 Å². The Balaban J connectivity index is 1.80. The maximum atomic E-state index is 4.33. The Bertz CT molecular complexity index is 577. The number of nitrogens with zero attached hydrogens (tertiary/aromatic N) is 3. The minimum absolute atomic E-state index is 0.605. The third-order valence-electron chi connectivity index (χ3n) is 4.16. The van der Waals surface area contributed by atoms with Crippen molar-refractivity contribution in [3.8, 4) is 0 Å². The van der Waals surface area contributed by atoms with E-state index in [2.05, 4.69) is 52.4 Å². The summed E-state index contributed by atoms with van der Waals surface area (Å²) in [6.45, 7) is 6.31. The van der Waals surface area contributed by atoms with Crippen LogP contribution in [-0.2, 0) is 0 Å². The molecule has 0 N–H and O–H groups in total. The molecule has 1 aromatic heterocycles. The van der Waals surface area contributed by atoms with Crippen molar-refractivity contribution in [1.82, 2.24) is 10.2 Å². The molecule has 104 valence electrons. The minimum atomic E-state index is 0.605. The van der Waals surface area contributed by atoms with Crippen LogP contribution in [0.15, 0.2) is 36.4 Å². The van der Waals surface area contributed by atoms with Gasteiger partial charge in [-0.1, -0.05) is 24.3 Å². The van der Waals surface area contributed by atoms with E-state index >= 15 is 0 Å². The van der Waals surface area contributed by atoms with Crippen LogP contribution in [0.2, 0.25) is 0 Å². The van der Waals surface area contributed by atoms with E-state index in [-0.39, 0.29) is 0 Å². The first kappa shape index (κ1) is 13.1. The molecule has 0 aliphatic carbocycles. The van der Waals surface area contributed by atoms with Crippen molar-refractivity contribution in [3.63, 3.8) is 0 Å². The maximum Gasteiger partial charge on any atom is 0.151 e. The first-order valence-corrected chi connectivity index (χ1v) is 7.35. The van der Waals surface area contributed by atoms with Crippen LogP contribution in [0.3, 0.4) is 0 Å². The van der Waals surface area contributed by atoms with Gasteiger partial charge < -0.3 is 4.90 Å². The maximum absolute atomic E-state index is 4.33. The molecule has 0 saturated carbocycles. The van der Waals surface area contributed by atoms with Crippen molar-refractivity contribution < 1.29 is 0 Å². The molecule has 2 heterocycles. The minimum Gasteiger partial charge on any atom is -0.355 e. The molecule has 0 radical (unpaired) electrons. The second-order valence-electron chi connectivity index (χ2n) is 5.67. The number of rotatable bonds is 2. The molecule has 2 aromatic rings. The normalized spacial score (nSPS) is 19.1. The predicted octanol–water partition coefficient (Wildman–Crippen LogP) is 3.48. The largest absolute Gasteiger partial charge is 0.355 e. The van der Waals surface area contributed by atoms with Crippen LogP contribution in [0, 0.1) is 13.8 Å². The van der Waals surface area contributed by atoms with Gasteiger partial charge in [0.05, 0.1) is 5.69 Å². The molecule has 1 aromatic carbocycles. The molecule has 0 amide bonds. The van der Waals surface area contributed by atoms with Gasteiger partial charge in [-0.15, -0.1) is 5.10 Å². The summed E-state index contributed by atoms with van der Waals surface area (Å²) < 4.78 is 0. The SMILES string of the molecule is Cc1ccc(N2CCC[C@H](c3ccccc3C)C2)nn1. The number of aromatic nitrogens is 2. The fourth-order valence-electron chi connectivity index (χ4n) is 3.04. The van der Waals surface area contributed by atoms with Crippen LogP contribution >= 0.6 is 0 Å². The van der Waals surface area contributed by atoms with Crippen molar-refractivity contribution >= 4 is 5.82 Å². The van der Waals surface area contributed by atoms with Crippen molar-refractivity contribution in [2.75, 3.05) is 18.0 Å². The highest BCUT2D eigenvalue weighted by Crippen LogP contribution is 2.30. The van der Waals surface area contributed by atoms with Crippen molar-refractivity contribution in [3.05, 3.63) is 53.2 Å². The summed E-state index contributed by atoms with van der Waals surface area (Å²) in [7, 11) is 0. The number of hydrogen-bond acceptors (Lipinski definition) is 3. The van der Waals surface area contributed by atoms with Crippen LogP contribution in [0.4, 0.5) is 5.82 Å². The predicted molar refractivity (Wildman–Crippen MR) is 82.1 cm³/mol. The van der Waals surface area contributed by atoms with E-state index in [0.717, 1.165) is 24.6 Å². The first-order valence-electron chi connectivity index (χ1n) is 7.35. The zero-order valence-electron chi connectivity index (χ0n) is 12.2. The zero-order valence-corrected chi connectivity index (χ0v) is 12.2. The van der Waals surface area contributed by atoms with Crippen LogP contribution in [0.5, 0.6) is 0 Å². The summed E-state index contributed by atoms with van der Waals surface area (Å²) in [5, 5.41) is 8.51. The van der Waals surface area contributed by atoms with Crippen molar-refractivity contribution in [2.45, 2.75) is 32.6 Å². The van der Waals surface area contributed by atoms with Gasteiger partial charge in [0.25, 0.3) is 0 Å². The van der Waals surface area contributed by atoms with E-state index in [0.29, 0.717) is 5.92 Å². The number of anilines is 1. The molecule has 1 saturated heterocycles. The van der Waals surface area contributed by atoms with Gasteiger partial charge >= 0.3 is 0 Å². The van der Waals surface area contributed by atoms with Crippen LogP contribution in [-0.4, -0.2) is 23.3 Å². The van der Waals surface area contributed by atoms with Gasteiger partial charge in [0.1, 0.15) is 0 Å². The number of hydrogen-bond donors (Lipinski definition) is 0. The van der Waals surface area contributed by atoms with Gasteiger partial charge in [-0.05, 0) is 49.9 Å². The number of piperidine rings is 1. The monoisotopic (exact) mass is 267 g/mol. The summed E-state index contributed by atoms with van der Waals surface area (Å²) in [6, 6.07) is 12.9. The Kier molecular flexibility index (Phi) is 3.68. The lowest BCUT2D eigenvalue weighted by Crippen LogP contribution is -2.35. The first-order chi connectivity index (χ1) is 9.74. The highest BCUT2D eigenvalue weighted by Gasteiger charge is 2.23. The molecule has 3 nitrogen and oxygen atoms in total. The van der Waals surface area contributed by atoms with E-state index in [1.807, 2.05) is 13.0 Å². The molecule has 3 heteroatoms. The third-order valence-corrected chi connectivity index (χ3v) is 4.16. The van der Waals surface area contributed by atoms with Crippen LogP contribution in [0.25, 0.3) is 0 Å². The Hall–Kier alpha value is -1.90. The Morgan fingerprint density at radius 1 is 1.05 bits per heavy atom. The van der Waals surface area contributed by atoms with Crippen molar-refractivity contribution in [1.29, 1.82) is 0 Å². The quantitative estimate of drug-likeness (QED) is 0.834. The van der Waals surface area contributed by atoms with Gasteiger partial charge in [-0.2, -0.15) is 5.10 Å². The highest BCUT2D eigenvalue weighted by atomic mass is 15.3. The van der Waals surface area contributed by atoms with Crippen LogP contribution in [0.1, 0.15) is 35.6 Å². The summed E-state index contributed by atoms with van der Waals surface area (Å²) in [5.74, 6) is 1.61. The Labute approximate surface area is 120 Å². The number of benzene rings is 1. The smallest absolute Gasteiger partial charge is 0.151 e. The topological polar surface area (TPSA) is 29.0 Å². The lowest BCUT2D eigenvalue weighted by molar-refractivity contribution is 0.504. The van der Waals surface area contributed by atoms with Gasteiger partial charge in [0, 0.05) is 19.0 Å². The molecule has 0 bridgehead atoms. The third kappa shape index (κ3) is 2.67. The van der Waals surface area contributed by atoms with E-state index in [1.54, 1.807) is 0 Å². The second kappa shape index (κ2) is 5.61. The molecule has 1 fully saturated rings. The average Bonchev–Trinajstić information content (AvgIpc) is 2.49. The summed E-state index contributed by atoms with van der Waals surface area (Å²) >= 11 is 0. The van der Waals surface area contributed by atoms with E-state index in [4.69, 9.17) is 0 Å². The molecule has 1 aliphatic heterocycles. The van der Waals surface area contributed by atoms with Crippen LogP contribution < -0.4 is 4.90 Å².